The lowest BCUT2D eigenvalue weighted by Gasteiger charge is -2.19. The largest absolute Gasteiger partial charge is 0.497 e. The summed E-state index contributed by atoms with van der Waals surface area (Å²) in [6.07, 6.45) is 0. The van der Waals surface area contributed by atoms with Crippen LogP contribution in [0.1, 0.15) is 42.2 Å². The molecule has 5 heteroatoms. The normalized spacial score (nSPS) is 12.5. The van der Waals surface area contributed by atoms with E-state index in [2.05, 4.69) is 0 Å². The molecule has 0 atom stereocenters. The Balaban J connectivity index is 1.92. The van der Waals surface area contributed by atoms with Gasteiger partial charge in [-0.05, 0) is 53.2 Å². The summed E-state index contributed by atoms with van der Waals surface area (Å²) in [6, 6.07) is 13.3. The Labute approximate surface area is 149 Å². The van der Waals surface area contributed by atoms with E-state index in [-0.39, 0.29) is 28.3 Å². The number of methoxy groups -OCH3 is 2. The summed E-state index contributed by atoms with van der Waals surface area (Å²) in [5, 5.41) is 1.65. The van der Waals surface area contributed by atoms with E-state index in [9.17, 15) is 14.4 Å². The van der Waals surface area contributed by atoms with Gasteiger partial charge in [0.15, 0.2) is 11.6 Å². The summed E-state index contributed by atoms with van der Waals surface area (Å²) in [4.78, 5) is 37.6. The van der Waals surface area contributed by atoms with Crippen molar-refractivity contribution in [1.29, 1.82) is 0 Å². The molecular weight excluding hydrogens is 332 g/mol. The second kappa shape index (κ2) is 5.81. The highest BCUT2D eigenvalue weighted by Crippen LogP contribution is 2.32. The van der Waals surface area contributed by atoms with Crippen LogP contribution in [0.25, 0.3) is 10.8 Å². The summed E-state index contributed by atoms with van der Waals surface area (Å²) in [6.45, 7) is 0. The molecule has 3 aromatic carbocycles. The maximum absolute atomic E-state index is 13.0. The highest BCUT2D eigenvalue weighted by molar-refractivity contribution is 6.29. The van der Waals surface area contributed by atoms with Crippen LogP contribution in [0.15, 0.2) is 48.5 Å². The van der Waals surface area contributed by atoms with Crippen molar-refractivity contribution >= 4 is 28.3 Å². The fourth-order valence-corrected chi connectivity index (χ4v) is 3.24. The van der Waals surface area contributed by atoms with E-state index in [0.29, 0.717) is 16.9 Å². The molecule has 0 aliphatic heterocycles. The van der Waals surface area contributed by atoms with Crippen molar-refractivity contribution in [2.75, 3.05) is 14.2 Å². The van der Waals surface area contributed by atoms with Crippen molar-refractivity contribution < 1.29 is 23.9 Å². The zero-order valence-electron chi connectivity index (χ0n) is 14.2. The van der Waals surface area contributed by atoms with Crippen LogP contribution in [0.5, 0.6) is 5.75 Å². The Kier molecular flexibility index (Phi) is 3.58. The van der Waals surface area contributed by atoms with Gasteiger partial charge in [0.05, 0.1) is 19.8 Å². The number of hydrogen-bond acceptors (Lipinski definition) is 5. The molecule has 0 unspecified atom stereocenters. The third-order valence-corrected chi connectivity index (χ3v) is 4.60. The van der Waals surface area contributed by atoms with Gasteiger partial charge >= 0.3 is 5.97 Å². The minimum atomic E-state index is -0.551. The third-order valence-electron chi connectivity index (χ3n) is 4.60. The van der Waals surface area contributed by atoms with E-state index < -0.39 is 5.97 Å². The van der Waals surface area contributed by atoms with Gasteiger partial charge in [0.1, 0.15) is 5.75 Å². The van der Waals surface area contributed by atoms with Gasteiger partial charge in [0.2, 0.25) is 0 Å². The predicted molar refractivity (Wildman–Crippen MR) is 95.1 cm³/mol. The predicted octanol–water partition coefficient (Wildman–Crippen LogP) is 3.41. The molecule has 0 heterocycles. The van der Waals surface area contributed by atoms with Crippen molar-refractivity contribution in [3.8, 4) is 5.75 Å². The highest BCUT2D eigenvalue weighted by Gasteiger charge is 2.30. The molecular formula is C21H14O5. The molecule has 0 bridgehead atoms. The van der Waals surface area contributed by atoms with Crippen LogP contribution in [-0.4, -0.2) is 31.8 Å². The van der Waals surface area contributed by atoms with E-state index >= 15 is 0 Å². The van der Waals surface area contributed by atoms with Crippen molar-refractivity contribution in [2.24, 2.45) is 0 Å². The lowest BCUT2D eigenvalue weighted by atomic mass is 9.82. The topological polar surface area (TPSA) is 69.7 Å². The number of carbonyl (C=O) groups excluding carboxylic acids is 3. The molecule has 0 spiro atoms. The molecule has 26 heavy (non-hydrogen) atoms. The molecule has 1 aliphatic carbocycles. The molecule has 5 nitrogen and oxygen atoms in total. The van der Waals surface area contributed by atoms with Gasteiger partial charge in [-0.1, -0.05) is 6.07 Å². The SMILES string of the molecule is COC(=O)c1ccc2c(c1)C(=O)c1cc3ccc(OC)cc3cc1C2=O. The molecule has 0 aromatic heterocycles. The number of fused-ring (bicyclic) bond motifs is 3. The molecule has 0 saturated carbocycles. The number of carbonyl (C=O) groups is 3. The minimum Gasteiger partial charge on any atom is -0.497 e. The zero-order valence-corrected chi connectivity index (χ0v) is 14.2. The monoisotopic (exact) mass is 346 g/mol. The van der Waals surface area contributed by atoms with Crippen molar-refractivity contribution in [2.45, 2.75) is 0 Å². The Bertz CT molecular complexity index is 1110. The van der Waals surface area contributed by atoms with Gasteiger partial charge in [-0.3, -0.25) is 9.59 Å². The molecule has 1 aliphatic rings. The number of ether oxygens (including phenoxy) is 2. The van der Waals surface area contributed by atoms with Crippen molar-refractivity contribution in [3.05, 3.63) is 76.3 Å². The van der Waals surface area contributed by atoms with Gasteiger partial charge in [-0.2, -0.15) is 0 Å². The number of hydrogen-bond donors (Lipinski definition) is 0. The zero-order chi connectivity index (χ0) is 18.4. The lowest BCUT2D eigenvalue weighted by Crippen LogP contribution is -2.21. The van der Waals surface area contributed by atoms with Crippen LogP contribution >= 0.6 is 0 Å². The van der Waals surface area contributed by atoms with Gasteiger partial charge in [-0.15, -0.1) is 0 Å². The quantitative estimate of drug-likeness (QED) is 0.520. The van der Waals surface area contributed by atoms with Crippen LogP contribution in [0.4, 0.5) is 0 Å². The van der Waals surface area contributed by atoms with Crippen LogP contribution < -0.4 is 4.74 Å². The van der Waals surface area contributed by atoms with Gasteiger partial charge in [0, 0.05) is 22.3 Å². The van der Waals surface area contributed by atoms with E-state index in [1.165, 1.54) is 25.3 Å². The van der Waals surface area contributed by atoms with E-state index in [0.717, 1.165) is 10.8 Å². The van der Waals surface area contributed by atoms with Gasteiger partial charge in [-0.25, -0.2) is 4.79 Å². The third kappa shape index (κ3) is 2.29. The summed E-state index contributed by atoms with van der Waals surface area (Å²) in [5.74, 6) is -0.395. The van der Waals surface area contributed by atoms with Crippen molar-refractivity contribution in [1.82, 2.24) is 0 Å². The first kappa shape index (κ1) is 16.0. The van der Waals surface area contributed by atoms with Crippen LogP contribution in [0, 0.1) is 0 Å². The van der Waals surface area contributed by atoms with Crippen LogP contribution in [-0.2, 0) is 4.74 Å². The minimum absolute atomic E-state index is 0.221. The number of ketones is 2. The van der Waals surface area contributed by atoms with E-state index in [1.807, 2.05) is 12.1 Å². The molecule has 0 radical (unpaired) electrons. The maximum atomic E-state index is 13.0. The molecule has 3 aromatic rings. The Hall–Kier alpha value is -3.47. The Morgan fingerprint density at radius 3 is 2.08 bits per heavy atom. The van der Waals surface area contributed by atoms with Crippen LogP contribution in [0.3, 0.4) is 0 Å². The number of rotatable bonds is 2. The average Bonchev–Trinajstić information content (AvgIpc) is 2.69. The fraction of sp³-hybridized carbons (Fsp3) is 0.0952. The smallest absolute Gasteiger partial charge is 0.337 e. The molecule has 128 valence electrons. The maximum Gasteiger partial charge on any atom is 0.337 e. The van der Waals surface area contributed by atoms with Gasteiger partial charge in [0.25, 0.3) is 0 Å². The molecule has 0 fully saturated rings. The second-order valence-electron chi connectivity index (χ2n) is 6.02. The Morgan fingerprint density at radius 1 is 0.731 bits per heavy atom. The summed E-state index contributed by atoms with van der Waals surface area (Å²) >= 11 is 0. The van der Waals surface area contributed by atoms with Crippen molar-refractivity contribution in [3.63, 3.8) is 0 Å². The van der Waals surface area contributed by atoms with E-state index in [1.54, 1.807) is 25.3 Å². The molecule has 0 saturated heterocycles. The highest BCUT2D eigenvalue weighted by atomic mass is 16.5. The first-order valence-electron chi connectivity index (χ1n) is 7.97. The summed E-state index contributed by atoms with van der Waals surface area (Å²) in [5.41, 5.74) is 1.44. The standard InChI is InChI=1S/C21H14O5/c1-25-14-5-3-11-8-17-18(10-13(11)7-14)19(22)15-6-4-12(21(24)26-2)9-16(15)20(17)23/h3-10H,1-2H3. The average molecular weight is 346 g/mol. The lowest BCUT2D eigenvalue weighted by molar-refractivity contribution is 0.0600. The van der Waals surface area contributed by atoms with Crippen LogP contribution in [0.2, 0.25) is 0 Å². The van der Waals surface area contributed by atoms with Gasteiger partial charge < -0.3 is 9.47 Å². The second-order valence-corrected chi connectivity index (χ2v) is 6.02. The fourth-order valence-electron chi connectivity index (χ4n) is 3.24. The molecule has 0 amide bonds. The summed E-state index contributed by atoms with van der Waals surface area (Å²) in [7, 11) is 2.84. The van der Waals surface area contributed by atoms with E-state index in [4.69, 9.17) is 9.47 Å². The number of benzene rings is 3. The molecule has 4 rings (SSSR count). The first-order valence-corrected chi connectivity index (χ1v) is 7.97. The first-order chi connectivity index (χ1) is 12.5. The molecule has 0 N–H and O–H groups in total. The summed E-state index contributed by atoms with van der Waals surface area (Å²) < 4.78 is 9.91. The number of esters is 1. The Morgan fingerprint density at radius 2 is 1.38 bits per heavy atom.